The lowest BCUT2D eigenvalue weighted by atomic mass is 9.86. The van der Waals surface area contributed by atoms with E-state index in [1.807, 2.05) is 24.3 Å². The Balaban J connectivity index is 1.93. The van der Waals surface area contributed by atoms with Crippen molar-refractivity contribution in [3.8, 4) is 5.75 Å². The number of nitrogens with one attached hydrogen (secondary N) is 2. The van der Waals surface area contributed by atoms with Crippen LogP contribution in [0.4, 0.5) is 10.5 Å². The standard InChI is InChI=1S/C15H22N2O2/c1-11-7-3-4-8-12(11)16-15(18)17-13-9-5-6-10-14(13)19-2/h5-6,9-12H,3-4,7-8H2,1-2H3,(H2,16,17,18)/t11-,12-/m1/s1. The molecular weight excluding hydrogens is 240 g/mol. The van der Waals surface area contributed by atoms with Gasteiger partial charge in [-0.2, -0.15) is 0 Å². The number of methoxy groups -OCH3 is 1. The van der Waals surface area contributed by atoms with Gasteiger partial charge in [0.2, 0.25) is 0 Å². The minimum Gasteiger partial charge on any atom is -0.495 e. The first-order valence-corrected chi connectivity index (χ1v) is 6.91. The van der Waals surface area contributed by atoms with E-state index in [-0.39, 0.29) is 12.1 Å². The van der Waals surface area contributed by atoms with Crippen LogP contribution in [0.1, 0.15) is 32.6 Å². The average Bonchev–Trinajstić information content (AvgIpc) is 2.42. The Morgan fingerprint density at radius 2 is 2.00 bits per heavy atom. The van der Waals surface area contributed by atoms with Gasteiger partial charge < -0.3 is 15.4 Å². The molecule has 0 radical (unpaired) electrons. The van der Waals surface area contributed by atoms with Crippen molar-refractivity contribution in [3.05, 3.63) is 24.3 Å². The second-order valence-electron chi connectivity index (χ2n) is 5.17. The Hall–Kier alpha value is -1.71. The largest absolute Gasteiger partial charge is 0.495 e. The molecule has 0 bridgehead atoms. The van der Waals surface area contributed by atoms with Crippen LogP contribution in [0, 0.1) is 5.92 Å². The van der Waals surface area contributed by atoms with Crippen LogP contribution >= 0.6 is 0 Å². The van der Waals surface area contributed by atoms with Crippen LogP contribution in [0.2, 0.25) is 0 Å². The smallest absolute Gasteiger partial charge is 0.319 e. The van der Waals surface area contributed by atoms with Crippen LogP contribution in [0.3, 0.4) is 0 Å². The van der Waals surface area contributed by atoms with Gasteiger partial charge in [0.1, 0.15) is 5.75 Å². The number of para-hydroxylation sites is 2. The topological polar surface area (TPSA) is 50.4 Å². The minimum absolute atomic E-state index is 0.150. The number of anilines is 1. The number of carbonyl (C=O) groups is 1. The van der Waals surface area contributed by atoms with E-state index in [0.717, 1.165) is 6.42 Å². The minimum atomic E-state index is -0.150. The molecule has 4 nitrogen and oxygen atoms in total. The van der Waals surface area contributed by atoms with Crippen molar-refractivity contribution in [2.45, 2.75) is 38.6 Å². The van der Waals surface area contributed by atoms with Crippen LogP contribution in [-0.2, 0) is 0 Å². The SMILES string of the molecule is COc1ccccc1NC(=O)N[C@@H]1CCCC[C@H]1C. The maximum absolute atomic E-state index is 12.0. The third kappa shape index (κ3) is 3.63. The van der Waals surface area contributed by atoms with Crippen molar-refractivity contribution in [3.63, 3.8) is 0 Å². The molecule has 104 valence electrons. The third-order valence-corrected chi connectivity index (χ3v) is 3.78. The lowest BCUT2D eigenvalue weighted by Crippen LogP contribution is -2.43. The molecule has 2 amide bonds. The van der Waals surface area contributed by atoms with Gasteiger partial charge in [0.15, 0.2) is 0 Å². The number of urea groups is 1. The second kappa shape index (κ2) is 6.45. The summed E-state index contributed by atoms with van der Waals surface area (Å²) in [5.41, 5.74) is 0.700. The fourth-order valence-electron chi connectivity index (χ4n) is 2.61. The number of carbonyl (C=O) groups excluding carboxylic acids is 1. The highest BCUT2D eigenvalue weighted by molar-refractivity contribution is 5.91. The number of ether oxygens (including phenoxy) is 1. The number of rotatable bonds is 3. The molecule has 0 aliphatic heterocycles. The lowest BCUT2D eigenvalue weighted by Gasteiger charge is -2.29. The summed E-state index contributed by atoms with van der Waals surface area (Å²) in [6, 6.07) is 7.56. The second-order valence-corrected chi connectivity index (χ2v) is 5.17. The highest BCUT2D eigenvalue weighted by atomic mass is 16.5. The van der Waals surface area contributed by atoms with E-state index in [4.69, 9.17) is 4.74 Å². The van der Waals surface area contributed by atoms with Gasteiger partial charge in [-0.1, -0.05) is 31.9 Å². The van der Waals surface area contributed by atoms with Crippen LogP contribution in [0.15, 0.2) is 24.3 Å². The maximum Gasteiger partial charge on any atom is 0.319 e. The molecule has 2 rings (SSSR count). The summed E-state index contributed by atoms with van der Waals surface area (Å²) in [4.78, 5) is 12.0. The lowest BCUT2D eigenvalue weighted by molar-refractivity contribution is 0.232. The van der Waals surface area contributed by atoms with Crippen LogP contribution in [0.25, 0.3) is 0 Å². The van der Waals surface area contributed by atoms with E-state index in [2.05, 4.69) is 17.6 Å². The Morgan fingerprint density at radius 3 is 2.74 bits per heavy atom. The van der Waals surface area contributed by atoms with Crippen LogP contribution in [0.5, 0.6) is 5.75 Å². The van der Waals surface area contributed by atoms with Gasteiger partial charge in [0.25, 0.3) is 0 Å². The molecule has 2 N–H and O–H groups in total. The zero-order chi connectivity index (χ0) is 13.7. The monoisotopic (exact) mass is 262 g/mol. The Kier molecular flexibility index (Phi) is 4.66. The normalized spacial score (nSPS) is 22.6. The van der Waals surface area contributed by atoms with E-state index in [1.54, 1.807) is 7.11 Å². The summed E-state index contributed by atoms with van der Waals surface area (Å²) in [5, 5.41) is 5.92. The predicted octanol–water partition coefficient (Wildman–Crippen LogP) is 3.40. The first-order chi connectivity index (χ1) is 9.20. The van der Waals surface area contributed by atoms with Gasteiger partial charge in [0, 0.05) is 6.04 Å². The summed E-state index contributed by atoms with van der Waals surface area (Å²) in [7, 11) is 1.60. The fraction of sp³-hybridized carbons (Fsp3) is 0.533. The summed E-state index contributed by atoms with van der Waals surface area (Å²) in [6.07, 6.45) is 4.73. The highest BCUT2D eigenvalue weighted by Crippen LogP contribution is 2.25. The molecule has 4 heteroatoms. The van der Waals surface area contributed by atoms with Crippen LogP contribution < -0.4 is 15.4 Å². The molecule has 0 aromatic heterocycles. The van der Waals surface area contributed by atoms with E-state index in [0.29, 0.717) is 17.4 Å². The summed E-state index contributed by atoms with van der Waals surface area (Å²) in [6.45, 7) is 2.20. The van der Waals surface area contributed by atoms with E-state index >= 15 is 0 Å². The number of benzene rings is 1. The molecule has 0 spiro atoms. The van der Waals surface area contributed by atoms with Crippen LogP contribution in [-0.4, -0.2) is 19.2 Å². The molecule has 0 heterocycles. The molecule has 1 aromatic rings. The Bertz CT molecular complexity index is 434. The van der Waals surface area contributed by atoms with E-state index in [9.17, 15) is 4.79 Å². The van der Waals surface area contributed by atoms with Crippen molar-refractivity contribution < 1.29 is 9.53 Å². The molecule has 1 fully saturated rings. The molecule has 1 saturated carbocycles. The average molecular weight is 262 g/mol. The van der Waals surface area contributed by atoms with Gasteiger partial charge in [-0.05, 0) is 30.9 Å². The van der Waals surface area contributed by atoms with Gasteiger partial charge in [-0.3, -0.25) is 0 Å². The summed E-state index contributed by atoms with van der Waals surface area (Å²) in [5.74, 6) is 1.23. The quantitative estimate of drug-likeness (QED) is 0.877. The molecule has 0 saturated heterocycles. The molecule has 1 aliphatic carbocycles. The number of hydrogen-bond acceptors (Lipinski definition) is 2. The first kappa shape index (κ1) is 13.7. The zero-order valence-electron chi connectivity index (χ0n) is 11.6. The Morgan fingerprint density at radius 1 is 1.26 bits per heavy atom. The van der Waals surface area contributed by atoms with Crippen molar-refractivity contribution in [2.75, 3.05) is 12.4 Å². The van der Waals surface area contributed by atoms with E-state index in [1.165, 1.54) is 19.3 Å². The number of amides is 2. The van der Waals surface area contributed by atoms with Crippen molar-refractivity contribution in [1.82, 2.24) is 5.32 Å². The molecule has 2 atom stereocenters. The summed E-state index contributed by atoms with van der Waals surface area (Å²) < 4.78 is 5.21. The van der Waals surface area contributed by atoms with Gasteiger partial charge >= 0.3 is 6.03 Å². The van der Waals surface area contributed by atoms with Gasteiger partial charge in [0.05, 0.1) is 12.8 Å². The molecule has 19 heavy (non-hydrogen) atoms. The van der Waals surface area contributed by atoms with Gasteiger partial charge in [-0.15, -0.1) is 0 Å². The van der Waals surface area contributed by atoms with Gasteiger partial charge in [-0.25, -0.2) is 4.79 Å². The fourth-order valence-corrected chi connectivity index (χ4v) is 2.61. The highest BCUT2D eigenvalue weighted by Gasteiger charge is 2.22. The zero-order valence-corrected chi connectivity index (χ0v) is 11.6. The number of hydrogen-bond donors (Lipinski definition) is 2. The van der Waals surface area contributed by atoms with E-state index < -0.39 is 0 Å². The van der Waals surface area contributed by atoms with Crippen molar-refractivity contribution in [2.24, 2.45) is 5.92 Å². The van der Waals surface area contributed by atoms with Crippen molar-refractivity contribution in [1.29, 1.82) is 0 Å². The van der Waals surface area contributed by atoms with Crippen molar-refractivity contribution >= 4 is 11.7 Å². The third-order valence-electron chi connectivity index (χ3n) is 3.78. The Labute approximate surface area is 114 Å². The molecule has 1 aliphatic rings. The maximum atomic E-state index is 12.0. The molecule has 1 aromatic carbocycles. The molecule has 0 unspecified atom stereocenters. The summed E-state index contributed by atoms with van der Waals surface area (Å²) >= 11 is 0. The molecular formula is C15H22N2O2. The predicted molar refractivity (Wildman–Crippen MR) is 76.6 cm³/mol. The first-order valence-electron chi connectivity index (χ1n) is 6.91.